The quantitative estimate of drug-likeness (QED) is 0.545. The first-order valence-electron chi connectivity index (χ1n) is 3.15. The summed E-state index contributed by atoms with van der Waals surface area (Å²) in [6, 6.07) is 4.01. The van der Waals surface area contributed by atoms with Gasteiger partial charge < -0.3 is 0 Å². The maximum atomic E-state index is 8.31. The smallest absolute Gasteiger partial charge is 0.223 e. The molecule has 1 aromatic rings. The zero-order valence-electron chi connectivity index (χ0n) is 5.94. The van der Waals surface area contributed by atoms with Crippen LogP contribution < -0.4 is 4.57 Å². The molecule has 0 aliphatic rings. The molecule has 54 valence electrons. The monoisotopic (exact) mass is 147 g/mol. The minimum atomic E-state index is 0.332. The van der Waals surface area contributed by atoms with Crippen molar-refractivity contribution in [2.45, 2.75) is 13.1 Å². The molecule has 0 aliphatic carbocycles. The normalized spacial score (nSPS) is 8.55. The van der Waals surface area contributed by atoms with Gasteiger partial charge in [0.2, 0.25) is 6.33 Å². The number of rotatable bonds is 2. The molecule has 0 saturated carbocycles. The topological polar surface area (TPSA) is 56.4 Å². The SMILES string of the molecule is N#CCn1cc[n+](CC#N)c1. The van der Waals surface area contributed by atoms with E-state index in [2.05, 4.69) is 0 Å². The van der Waals surface area contributed by atoms with E-state index in [1.807, 2.05) is 12.1 Å². The van der Waals surface area contributed by atoms with Crippen LogP contribution in [-0.2, 0) is 13.1 Å². The molecule has 0 unspecified atom stereocenters. The molecule has 1 heterocycles. The molecular weight excluding hydrogens is 140 g/mol. The minimum Gasteiger partial charge on any atom is -0.223 e. The van der Waals surface area contributed by atoms with E-state index < -0.39 is 0 Å². The van der Waals surface area contributed by atoms with E-state index >= 15 is 0 Å². The lowest BCUT2D eigenvalue weighted by molar-refractivity contribution is -0.684. The molecule has 0 radical (unpaired) electrons. The summed E-state index contributed by atoms with van der Waals surface area (Å²) in [6.45, 7) is 0.664. The maximum Gasteiger partial charge on any atom is 0.245 e. The van der Waals surface area contributed by atoms with Crippen molar-refractivity contribution in [1.82, 2.24) is 4.57 Å². The molecule has 1 rings (SSSR count). The molecule has 0 aromatic carbocycles. The van der Waals surface area contributed by atoms with E-state index in [0.717, 1.165) is 0 Å². The summed E-state index contributed by atoms with van der Waals surface area (Å²) in [7, 11) is 0. The number of imidazole rings is 1. The van der Waals surface area contributed by atoms with Gasteiger partial charge in [0, 0.05) is 0 Å². The predicted molar refractivity (Wildman–Crippen MR) is 35.9 cm³/mol. The second kappa shape index (κ2) is 3.38. The molecule has 0 spiro atoms. The second-order valence-electron chi connectivity index (χ2n) is 2.07. The van der Waals surface area contributed by atoms with Crippen LogP contribution in [0.3, 0.4) is 0 Å². The Kier molecular flexibility index (Phi) is 2.24. The van der Waals surface area contributed by atoms with Crippen molar-refractivity contribution in [1.29, 1.82) is 10.5 Å². The fourth-order valence-electron chi connectivity index (χ4n) is 0.789. The third-order valence-electron chi connectivity index (χ3n) is 1.25. The average molecular weight is 147 g/mol. The van der Waals surface area contributed by atoms with Crippen LogP contribution in [0, 0.1) is 22.7 Å². The fraction of sp³-hybridized carbons (Fsp3) is 0.286. The van der Waals surface area contributed by atoms with Gasteiger partial charge >= 0.3 is 0 Å². The Hall–Kier alpha value is -1.81. The fourth-order valence-corrected chi connectivity index (χ4v) is 0.789. The lowest BCUT2D eigenvalue weighted by Crippen LogP contribution is -2.29. The summed E-state index contributed by atoms with van der Waals surface area (Å²) in [5, 5.41) is 16.6. The molecule has 0 bridgehead atoms. The van der Waals surface area contributed by atoms with E-state index in [0.29, 0.717) is 13.1 Å². The highest BCUT2D eigenvalue weighted by atomic mass is 15.1. The number of aromatic nitrogens is 2. The van der Waals surface area contributed by atoms with Crippen LogP contribution in [0.1, 0.15) is 0 Å². The van der Waals surface area contributed by atoms with E-state index in [1.165, 1.54) is 0 Å². The van der Waals surface area contributed by atoms with Crippen molar-refractivity contribution in [3.8, 4) is 12.1 Å². The summed E-state index contributed by atoms with van der Waals surface area (Å²) in [5.74, 6) is 0. The van der Waals surface area contributed by atoms with Crippen molar-refractivity contribution in [3.05, 3.63) is 18.7 Å². The molecular formula is C7H7N4+. The van der Waals surface area contributed by atoms with Gasteiger partial charge in [-0.1, -0.05) is 0 Å². The molecule has 0 amide bonds. The lowest BCUT2D eigenvalue weighted by Gasteiger charge is -1.82. The van der Waals surface area contributed by atoms with Gasteiger partial charge in [0.05, 0.1) is 0 Å². The van der Waals surface area contributed by atoms with Crippen LogP contribution in [-0.4, -0.2) is 4.57 Å². The van der Waals surface area contributed by atoms with Crippen molar-refractivity contribution < 1.29 is 4.57 Å². The van der Waals surface area contributed by atoms with E-state index in [-0.39, 0.29) is 0 Å². The predicted octanol–water partition coefficient (Wildman–Crippen LogP) is -0.177. The summed E-state index contributed by atoms with van der Waals surface area (Å²) in [4.78, 5) is 0. The summed E-state index contributed by atoms with van der Waals surface area (Å²) < 4.78 is 3.44. The van der Waals surface area contributed by atoms with E-state index in [9.17, 15) is 0 Å². The largest absolute Gasteiger partial charge is 0.245 e. The Morgan fingerprint density at radius 2 is 2.18 bits per heavy atom. The first-order valence-corrected chi connectivity index (χ1v) is 3.15. The van der Waals surface area contributed by atoms with Crippen LogP contribution in [0.25, 0.3) is 0 Å². The molecule has 4 heteroatoms. The number of nitriles is 2. The minimum absolute atomic E-state index is 0.332. The van der Waals surface area contributed by atoms with Crippen LogP contribution in [0.15, 0.2) is 18.7 Å². The standard InChI is InChI=1S/C7H7N4/c8-1-3-10-5-6-11(7-10)4-2-9/h5-7H,3-4H2/q+1. The van der Waals surface area contributed by atoms with Crippen molar-refractivity contribution in [2.75, 3.05) is 0 Å². The van der Waals surface area contributed by atoms with Gasteiger partial charge in [0.1, 0.15) is 24.5 Å². The second-order valence-corrected chi connectivity index (χ2v) is 2.07. The van der Waals surface area contributed by atoms with Gasteiger partial charge in [0.25, 0.3) is 0 Å². The van der Waals surface area contributed by atoms with Crippen LogP contribution in [0.5, 0.6) is 0 Å². The Morgan fingerprint density at radius 1 is 1.36 bits per heavy atom. The molecule has 0 saturated heterocycles. The van der Waals surface area contributed by atoms with Crippen molar-refractivity contribution in [3.63, 3.8) is 0 Å². The summed E-state index contributed by atoms with van der Waals surface area (Å²) in [5.41, 5.74) is 0. The Morgan fingerprint density at radius 3 is 2.82 bits per heavy atom. The van der Waals surface area contributed by atoms with Crippen LogP contribution >= 0.6 is 0 Å². The van der Waals surface area contributed by atoms with E-state index in [1.54, 1.807) is 27.9 Å². The Balaban J connectivity index is 2.69. The van der Waals surface area contributed by atoms with Gasteiger partial charge in [-0.25, -0.2) is 9.13 Å². The molecule has 0 N–H and O–H groups in total. The number of hydrogen-bond acceptors (Lipinski definition) is 2. The number of hydrogen-bond donors (Lipinski definition) is 0. The zero-order chi connectivity index (χ0) is 8.10. The molecule has 0 atom stereocenters. The summed E-state index contributed by atoms with van der Waals surface area (Å²) in [6.07, 6.45) is 5.26. The Bertz CT molecular complexity index is 281. The Labute approximate surface area is 64.5 Å². The van der Waals surface area contributed by atoms with Gasteiger partial charge in [0.15, 0.2) is 13.1 Å². The molecule has 1 aromatic heterocycles. The van der Waals surface area contributed by atoms with Gasteiger partial charge in [-0.05, 0) is 0 Å². The van der Waals surface area contributed by atoms with Crippen LogP contribution in [0.4, 0.5) is 0 Å². The highest BCUT2D eigenvalue weighted by molar-refractivity contribution is 4.76. The third-order valence-corrected chi connectivity index (χ3v) is 1.25. The first-order chi connectivity index (χ1) is 5.36. The zero-order valence-corrected chi connectivity index (χ0v) is 5.94. The van der Waals surface area contributed by atoms with Crippen LogP contribution in [0.2, 0.25) is 0 Å². The average Bonchev–Trinajstić information content (AvgIpc) is 2.38. The molecule has 0 fully saturated rings. The highest BCUT2D eigenvalue weighted by Crippen LogP contribution is 1.81. The summed E-state index contributed by atoms with van der Waals surface area (Å²) >= 11 is 0. The van der Waals surface area contributed by atoms with Gasteiger partial charge in [-0.3, -0.25) is 0 Å². The lowest BCUT2D eigenvalue weighted by atomic mass is 10.7. The molecule has 11 heavy (non-hydrogen) atoms. The van der Waals surface area contributed by atoms with Crippen molar-refractivity contribution in [2.24, 2.45) is 0 Å². The third kappa shape index (κ3) is 1.80. The van der Waals surface area contributed by atoms with Crippen molar-refractivity contribution >= 4 is 0 Å². The van der Waals surface area contributed by atoms with E-state index in [4.69, 9.17) is 10.5 Å². The van der Waals surface area contributed by atoms with Gasteiger partial charge in [-0.2, -0.15) is 10.5 Å². The van der Waals surface area contributed by atoms with Gasteiger partial charge in [-0.15, -0.1) is 0 Å². The molecule has 0 aliphatic heterocycles. The highest BCUT2D eigenvalue weighted by Gasteiger charge is 2.00. The molecule has 4 nitrogen and oxygen atoms in total. The first kappa shape index (κ1) is 7.30. The maximum absolute atomic E-state index is 8.31. The number of nitrogens with zero attached hydrogens (tertiary/aromatic N) is 4.